The molecule has 10 heteroatoms. The average Bonchev–Trinajstić information content (AvgIpc) is 3.68. The molecule has 1 aliphatic heterocycles. The molecule has 6 aromatic rings. The van der Waals surface area contributed by atoms with E-state index in [9.17, 15) is 14.7 Å². The van der Waals surface area contributed by atoms with E-state index in [4.69, 9.17) is 4.42 Å². The number of aryl methyl sites for hydroxylation is 3. The number of carbonyl (C=O) groups excluding carboxylic acids is 1. The summed E-state index contributed by atoms with van der Waals surface area (Å²) in [4.78, 5) is 36.4. The number of para-hydroxylation sites is 1. The Morgan fingerprint density at radius 3 is 2.72 bits per heavy atom. The van der Waals surface area contributed by atoms with E-state index in [2.05, 4.69) is 38.6 Å². The zero-order chi connectivity index (χ0) is 29.8. The van der Waals surface area contributed by atoms with Gasteiger partial charge in [0.1, 0.15) is 23.0 Å². The first-order valence-corrected chi connectivity index (χ1v) is 14.2. The van der Waals surface area contributed by atoms with Crippen molar-refractivity contribution in [3.05, 3.63) is 78.2 Å². The fourth-order valence-corrected chi connectivity index (χ4v) is 6.29. The van der Waals surface area contributed by atoms with Gasteiger partial charge in [0.05, 0.1) is 11.7 Å². The number of carboxylic acid groups (broad SMARTS) is 1. The Hall–Kier alpha value is -5.25. The molecule has 0 unspecified atom stereocenters. The lowest BCUT2D eigenvalue weighted by Crippen LogP contribution is -2.36. The maximum absolute atomic E-state index is 13.2. The van der Waals surface area contributed by atoms with Gasteiger partial charge >= 0.3 is 5.97 Å². The number of furan rings is 1. The third-order valence-electron chi connectivity index (χ3n) is 8.30. The van der Waals surface area contributed by atoms with Gasteiger partial charge in [0.15, 0.2) is 11.4 Å². The first kappa shape index (κ1) is 26.6. The van der Waals surface area contributed by atoms with Crippen LogP contribution in [0.3, 0.4) is 0 Å². The van der Waals surface area contributed by atoms with Crippen LogP contribution in [0.5, 0.6) is 0 Å². The number of rotatable bonds is 6. The van der Waals surface area contributed by atoms with Crippen LogP contribution in [-0.2, 0) is 16.6 Å². The van der Waals surface area contributed by atoms with E-state index in [1.807, 2.05) is 67.3 Å². The molecule has 0 aliphatic carbocycles. The highest BCUT2D eigenvalue weighted by molar-refractivity contribution is 6.06. The molecule has 1 aliphatic rings. The Bertz CT molecular complexity index is 2060. The van der Waals surface area contributed by atoms with E-state index in [1.165, 1.54) is 0 Å². The Morgan fingerprint density at radius 1 is 1.07 bits per heavy atom. The normalized spacial score (nSPS) is 16.9. The number of benzene rings is 3. The number of aromatic nitrogens is 4. The topological polar surface area (TPSA) is 126 Å². The number of anilines is 2. The number of nitrogens with one attached hydrogen (secondary N) is 1. The summed E-state index contributed by atoms with van der Waals surface area (Å²) in [5, 5.41) is 19.4. The van der Waals surface area contributed by atoms with Crippen LogP contribution in [0.25, 0.3) is 44.1 Å². The molecule has 7 rings (SSSR count). The van der Waals surface area contributed by atoms with Crippen molar-refractivity contribution in [2.45, 2.75) is 32.7 Å². The van der Waals surface area contributed by atoms with Gasteiger partial charge in [-0.15, -0.1) is 0 Å². The van der Waals surface area contributed by atoms with Crippen molar-refractivity contribution in [2.75, 3.05) is 16.8 Å². The van der Waals surface area contributed by atoms with Crippen LogP contribution < -0.4 is 10.2 Å². The minimum atomic E-state index is -0.959. The van der Waals surface area contributed by atoms with Gasteiger partial charge < -0.3 is 19.7 Å². The lowest BCUT2D eigenvalue weighted by atomic mass is 9.98. The Balaban J connectivity index is 1.09. The molecule has 1 fully saturated rings. The molecule has 2 atom stereocenters. The second kappa shape index (κ2) is 10.2. The van der Waals surface area contributed by atoms with Gasteiger partial charge in [-0.1, -0.05) is 24.3 Å². The number of carboxylic acids is 1. The van der Waals surface area contributed by atoms with Gasteiger partial charge in [0.25, 0.3) is 0 Å². The number of hydrogen-bond donors (Lipinski definition) is 2. The number of amides is 1. The van der Waals surface area contributed by atoms with Gasteiger partial charge in [-0.05, 0) is 79.3 Å². The van der Waals surface area contributed by atoms with Crippen molar-refractivity contribution in [1.82, 2.24) is 19.7 Å². The highest BCUT2D eigenvalue weighted by Gasteiger charge is 2.40. The molecular weight excluding hydrogens is 544 g/mol. The van der Waals surface area contributed by atoms with Gasteiger partial charge in [0, 0.05) is 36.5 Å². The number of hydrogen-bond acceptors (Lipinski definition) is 7. The Kier molecular flexibility index (Phi) is 6.34. The molecule has 3 aromatic heterocycles. The molecule has 0 radical (unpaired) electrons. The van der Waals surface area contributed by atoms with Crippen LogP contribution in [0.4, 0.5) is 11.5 Å². The zero-order valence-electron chi connectivity index (χ0n) is 24.0. The number of aliphatic carboxylic acids is 1. The first-order chi connectivity index (χ1) is 20.7. The van der Waals surface area contributed by atoms with Crippen molar-refractivity contribution in [3.63, 3.8) is 0 Å². The van der Waals surface area contributed by atoms with Crippen LogP contribution in [0.1, 0.15) is 24.2 Å². The predicted octanol–water partition coefficient (Wildman–Crippen LogP) is 5.85. The minimum Gasteiger partial charge on any atom is -0.480 e. The fraction of sp³-hybridized carbons (Fsp3) is 0.242. The first-order valence-electron chi connectivity index (χ1n) is 14.2. The van der Waals surface area contributed by atoms with Crippen LogP contribution in [0.2, 0.25) is 0 Å². The van der Waals surface area contributed by atoms with Crippen LogP contribution >= 0.6 is 0 Å². The van der Waals surface area contributed by atoms with Crippen molar-refractivity contribution in [3.8, 4) is 11.1 Å². The summed E-state index contributed by atoms with van der Waals surface area (Å²) in [6.07, 6.45) is 2.36. The van der Waals surface area contributed by atoms with Crippen molar-refractivity contribution in [1.29, 1.82) is 0 Å². The summed E-state index contributed by atoms with van der Waals surface area (Å²) in [5.74, 6) is -0.322. The third-order valence-corrected chi connectivity index (χ3v) is 8.30. The predicted molar refractivity (Wildman–Crippen MR) is 165 cm³/mol. The number of fused-ring (bicyclic) bond motifs is 4. The second-order valence-electron chi connectivity index (χ2n) is 11.3. The fourth-order valence-electron chi connectivity index (χ4n) is 6.29. The molecule has 0 saturated carbocycles. The quantitative estimate of drug-likeness (QED) is 0.254. The van der Waals surface area contributed by atoms with E-state index in [1.54, 1.807) is 11.8 Å². The number of nitrogens with zero attached hydrogens (tertiary/aromatic N) is 5. The second-order valence-corrected chi connectivity index (χ2v) is 11.3. The lowest BCUT2D eigenvalue weighted by Gasteiger charge is -2.22. The maximum atomic E-state index is 13.2. The standard InChI is InChI=1S/C33H30N6O4/c1-18-12-23(9-10-24(18)21-8-11-26-22(15-21)16-34-38(26)3)37-29(40)14-20-13-27(33(41)42)39(17-20)32-31-30(35-19(2)36-32)25-6-4-5-7-28(25)43-31/h4-12,15-16,20,27H,13-14,17H2,1-3H3,(H,37,40)(H,41,42)/t20-,27+/m1/s1. The molecule has 4 heterocycles. The van der Waals surface area contributed by atoms with Crippen molar-refractivity contribution in [2.24, 2.45) is 13.0 Å². The highest BCUT2D eigenvalue weighted by Crippen LogP contribution is 2.38. The minimum absolute atomic E-state index is 0.160. The molecule has 1 saturated heterocycles. The largest absolute Gasteiger partial charge is 0.480 e. The summed E-state index contributed by atoms with van der Waals surface area (Å²) in [6.45, 7) is 4.17. The maximum Gasteiger partial charge on any atom is 0.326 e. The molecule has 0 bridgehead atoms. The van der Waals surface area contributed by atoms with Crippen LogP contribution in [0.15, 0.2) is 71.3 Å². The van der Waals surface area contributed by atoms with Crippen LogP contribution in [-0.4, -0.2) is 49.3 Å². The van der Waals surface area contributed by atoms with Gasteiger partial charge in [-0.25, -0.2) is 14.8 Å². The van der Waals surface area contributed by atoms with Crippen molar-refractivity contribution < 1.29 is 19.1 Å². The molecule has 3 aromatic carbocycles. The van der Waals surface area contributed by atoms with E-state index in [-0.39, 0.29) is 18.2 Å². The molecule has 10 nitrogen and oxygen atoms in total. The summed E-state index contributed by atoms with van der Waals surface area (Å²) < 4.78 is 7.95. The average molecular weight is 575 g/mol. The smallest absolute Gasteiger partial charge is 0.326 e. The molecular formula is C33H30N6O4. The summed E-state index contributed by atoms with van der Waals surface area (Å²) in [7, 11) is 1.92. The molecule has 43 heavy (non-hydrogen) atoms. The van der Waals surface area contributed by atoms with Gasteiger partial charge in [-0.3, -0.25) is 9.48 Å². The molecule has 2 N–H and O–H groups in total. The monoisotopic (exact) mass is 574 g/mol. The summed E-state index contributed by atoms with van der Waals surface area (Å²) >= 11 is 0. The summed E-state index contributed by atoms with van der Waals surface area (Å²) in [5.41, 5.74) is 6.75. The third kappa shape index (κ3) is 4.74. The summed E-state index contributed by atoms with van der Waals surface area (Å²) in [6, 6.07) is 18.9. The number of carbonyl (C=O) groups is 2. The molecule has 1 amide bonds. The van der Waals surface area contributed by atoms with E-state index < -0.39 is 12.0 Å². The molecule has 0 spiro atoms. The van der Waals surface area contributed by atoms with Crippen molar-refractivity contribution >= 4 is 56.4 Å². The zero-order valence-corrected chi connectivity index (χ0v) is 24.0. The van der Waals surface area contributed by atoms with Gasteiger partial charge in [-0.2, -0.15) is 5.10 Å². The van der Waals surface area contributed by atoms with Crippen LogP contribution in [0, 0.1) is 19.8 Å². The van der Waals surface area contributed by atoms with E-state index in [0.717, 1.165) is 33.0 Å². The van der Waals surface area contributed by atoms with E-state index in [0.29, 0.717) is 47.0 Å². The SMILES string of the molecule is Cc1nc(N2C[C@@H](CC(=O)Nc3ccc(-c4ccc5c(cnn5C)c4)c(C)c3)C[C@H]2C(=O)O)c2oc3ccccc3c2n1. The van der Waals surface area contributed by atoms with Gasteiger partial charge in [0.2, 0.25) is 5.91 Å². The Labute approximate surface area is 247 Å². The Morgan fingerprint density at radius 2 is 1.91 bits per heavy atom. The highest BCUT2D eigenvalue weighted by atomic mass is 16.4. The van der Waals surface area contributed by atoms with E-state index >= 15 is 0 Å². The molecule has 216 valence electrons. The lowest BCUT2D eigenvalue weighted by molar-refractivity contribution is -0.138.